The average Bonchev–Trinajstić information content (AvgIpc) is 3.14. The van der Waals surface area contributed by atoms with Gasteiger partial charge in [-0.3, -0.25) is 4.79 Å². The number of methoxy groups -OCH3 is 1. The monoisotopic (exact) mass is 327 g/mol. The van der Waals surface area contributed by atoms with E-state index >= 15 is 0 Å². The smallest absolute Gasteiger partial charge is 0.249 e. The molecule has 1 aromatic carbocycles. The Bertz CT molecular complexity index is 616. The molecule has 1 fully saturated rings. The zero-order chi connectivity index (χ0) is 16.8. The molecule has 3 rings (SSSR count). The summed E-state index contributed by atoms with van der Waals surface area (Å²) in [4.78, 5) is 14.4. The van der Waals surface area contributed by atoms with E-state index in [4.69, 9.17) is 9.15 Å². The zero-order valence-electron chi connectivity index (χ0n) is 14.2. The van der Waals surface area contributed by atoms with Crippen LogP contribution in [0.25, 0.3) is 0 Å². The van der Waals surface area contributed by atoms with Gasteiger partial charge in [0.1, 0.15) is 12.4 Å². The molecule has 1 aromatic heterocycles. The Morgan fingerprint density at radius 3 is 2.50 bits per heavy atom. The molecule has 24 heavy (non-hydrogen) atoms. The normalized spacial score (nSPS) is 20.7. The Morgan fingerprint density at radius 1 is 1.12 bits per heavy atom. The predicted molar refractivity (Wildman–Crippen MR) is 92.6 cm³/mol. The zero-order valence-corrected chi connectivity index (χ0v) is 14.2. The fourth-order valence-corrected chi connectivity index (χ4v) is 3.64. The van der Waals surface area contributed by atoms with Crippen LogP contribution >= 0.6 is 0 Å². The molecule has 4 nitrogen and oxygen atoms in total. The molecule has 1 saturated carbocycles. The topological polar surface area (TPSA) is 42.7 Å². The summed E-state index contributed by atoms with van der Waals surface area (Å²) in [5.41, 5.74) is 1.41. The predicted octanol–water partition coefficient (Wildman–Crippen LogP) is 3.98. The Hall–Kier alpha value is -2.07. The van der Waals surface area contributed by atoms with Crippen LogP contribution in [0, 0.1) is 0 Å². The third-order valence-corrected chi connectivity index (χ3v) is 4.90. The minimum absolute atomic E-state index is 0.0389. The molecular formula is C20H25NO3. The molecule has 2 aromatic rings. The molecule has 1 aliphatic rings. The minimum Gasteiger partial charge on any atom is -0.467 e. The second-order valence-corrected chi connectivity index (χ2v) is 6.45. The van der Waals surface area contributed by atoms with Crippen LogP contribution in [-0.4, -0.2) is 30.6 Å². The van der Waals surface area contributed by atoms with E-state index in [9.17, 15) is 4.79 Å². The van der Waals surface area contributed by atoms with E-state index in [1.54, 1.807) is 13.4 Å². The van der Waals surface area contributed by atoms with E-state index in [0.29, 0.717) is 12.5 Å². The number of carbonyl (C=O) groups excluding carboxylic acids is 1. The third kappa shape index (κ3) is 4.06. The van der Waals surface area contributed by atoms with Gasteiger partial charge in [0, 0.05) is 13.2 Å². The van der Waals surface area contributed by atoms with Crippen molar-refractivity contribution in [3.8, 4) is 0 Å². The highest BCUT2D eigenvalue weighted by Crippen LogP contribution is 2.35. The van der Waals surface area contributed by atoms with Gasteiger partial charge in [0.15, 0.2) is 0 Å². The van der Waals surface area contributed by atoms with Crippen LogP contribution in [0.2, 0.25) is 0 Å². The van der Waals surface area contributed by atoms with Crippen molar-refractivity contribution >= 4 is 5.91 Å². The quantitative estimate of drug-likeness (QED) is 0.806. The number of carbonyl (C=O) groups is 1. The van der Waals surface area contributed by atoms with Crippen LogP contribution in [-0.2, 0) is 16.1 Å². The summed E-state index contributed by atoms with van der Waals surface area (Å²) >= 11 is 0. The van der Waals surface area contributed by atoms with Crippen molar-refractivity contribution in [1.29, 1.82) is 0 Å². The first-order chi connectivity index (χ1) is 11.8. The van der Waals surface area contributed by atoms with Crippen molar-refractivity contribution in [2.45, 2.75) is 44.2 Å². The lowest BCUT2D eigenvalue weighted by Gasteiger charge is -2.36. The first kappa shape index (κ1) is 16.8. The standard InChI is InChI=1S/C20H25NO3/c1-23-15-20(22)21(14-19-8-5-13-24-19)18-11-9-17(10-12-18)16-6-3-2-4-7-16/h2-8,13,17-18H,9-12,14-15H2,1H3. The number of hydrogen-bond donors (Lipinski definition) is 0. The highest BCUT2D eigenvalue weighted by molar-refractivity contribution is 5.77. The van der Waals surface area contributed by atoms with Crippen molar-refractivity contribution in [3.63, 3.8) is 0 Å². The van der Waals surface area contributed by atoms with E-state index in [-0.39, 0.29) is 18.6 Å². The van der Waals surface area contributed by atoms with Crippen LogP contribution in [0.15, 0.2) is 53.1 Å². The van der Waals surface area contributed by atoms with Crippen molar-refractivity contribution in [1.82, 2.24) is 4.90 Å². The Kier molecular flexibility index (Phi) is 5.70. The first-order valence-corrected chi connectivity index (χ1v) is 8.63. The lowest BCUT2D eigenvalue weighted by Crippen LogP contribution is -2.43. The molecule has 0 N–H and O–H groups in total. The fraction of sp³-hybridized carbons (Fsp3) is 0.450. The van der Waals surface area contributed by atoms with E-state index in [1.165, 1.54) is 5.56 Å². The summed E-state index contributed by atoms with van der Waals surface area (Å²) < 4.78 is 10.5. The SMILES string of the molecule is COCC(=O)N(Cc1ccco1)C1CCC(c2ccccc2)CC1. The maximum atomic E-state index is 12.5. The lowest BCUT2D eigenvalue weighted by molar-refractivity contribution is -0.139. The molecule has 1 heterocycles. The summed E-state index contributed by atoms with van der Waals surface area (Å²) in [6, 6.07) is 14.7. The summed E-state index contributed by atoms with van der Waals surface area (Å²) in [5, 5.41) is 0. The molecule has 0 saturated heterocycles. The van der Waals surface area contributed by atoms with Gasteiger partial charge in [-0.25, -0.2) is 0 Å². The van der Waals surface area contributed by atoms with Gasteiger partial charge in [-0.05, 0) is 49.3 Å². The maximum absolute atomic E-state index is 12.5. The van der Waals surface area contributed by atoms with Crippen LogP contribution in [0.4, 0.5) is 0 Å². The minimum atomic E-state index is 0.0389. The van der Waals surface area contributed by atoms with E-state index < -0.39 is 0 Å². The molecule has 1 aliphatic carbocycles. The molecule has 0 spiro atoms. The maximum Gasteiger partial charge on any atom is 0.249 e. The molecule has 4 heteroatoms. The summed E-state index contributed by atoms with van der Waals surface area (Å²) in [7, 11) is 1.56. The first-order valence-electron chi connectivity index (χ1n) is 8.63. The van der Waals surface area contributed by atoms with Gasteiger partial charge in [-0.2, -0.15) is 0 Å². The molecule has 0 radical (unpaired) electrons. The second-order valence-electron chi connectivity index (χ2n) is 6.45. The number of ether oxygens (including phenoxy) is 1. The molecule has 128 valence electrons. The molecule has 0 aliphatic heterocycles. The summed E-state index contributed by atoms with van der Waals surface area (Å²) in [5.74, 6) is 1.46. The second kappa shape index (κ2) is 8.15. The number of benzene rings is 1. The van der Waals surface area contributed by atoms with E-state index in [1.807, 2.05) is 17.0 Å². The Labute approximate surface area is 143 Å². The van der Waals surface area contributed by atoms with Crippen molar-refractivity contribution in [2.75, 3.05) is 13.7 Å². The van der Waals surface area contributed by atoms with Gasteiger partial charge in [0.05, 0.1) is 12.8 Å². The molecule has 0 unspecified atom stereocenters. The average molecular weight is 327 g/mol. The Morgan fingerprint density at radius 2 is 1.88 bits per heavy atom. The molecule has 0 atom stereocenters. The number of rotatable bonds is 6. The van der Waals surface area contributed by atoms with Gasteiger partial charge in [0.25, 0.3) is 0 Å². The largest absolute Gasteiger partial charge is 0.467 e. The lowest BCUT2D eigenvalue weighted by atomic mass is 9.81. The van der Waals surface area contributed by atoms with E-state index in [2.05, 4.69) is 30.3 Å². The highest BCUT2D eigenvalue weighted by atomic mass is 16.5. The third-order valence-electron chi connectivity index (χ3n) is 4.90. The van der Waals surface area contributed by atoms with Crippen LogP contribution in [0.5, 0.6) is 0 Å². The van der Waals surface area contributed by atoms with E-state index in [0.717, 1.165) is 31.4 Å². The molecule has 1 amide bonds. The number of hydrogen-bond acceptors (Lipinski definition) is 3. The van der Waals surface area contributed by atoms with Gasteiger partial charge < -0.3 is 14.1 Å². The summed E-state index contributed by atoms with van der Waals surface area (Å²) in [6.45, 7) is 0.648. The van der Waals surface area contributed by atoms with Gasteiger partial charge >= 0.3 is 0 Å². The summed E-state index contributed by atoms with van der Waals surface area (Å²) in [6.07, 6.45) is 5.93. The van der Waals surface area contributed by atoms with Gasteiger partial charge in [0.2, 0.25) is 5.91 Å². The van der Waals surface area contributed by atoms with Crippen molar-refractivity contribution < 1.29 is 13.9 Å². The molecule has 0 bridgehead atoms. The Balaban J connectivity index is 1.64. The highest BCUT2D eigenvalue weighted by Gasteiger charge is 2.29. The van der Waals surface area contributed by atoms with Crippen LogP contribution in [0.3, 0.4) is 0 Å². The number of amides is 1. The van der Waals surface area contributed by atoms with Gasteiger partial charge in [-0.15, -0.1) is 0 Å². The van der Waals surface area contributed by atoms with Crippen LogP contribution < -0.4 is 0 Å². The number of furan rings is 1. The fourth-order valence-electron chi connectivity index (χ4n) is 3.64. The van der Waals surface area contributed by atoms with Crippen molar-refractivity contribution in [2.24, 2.45) is 0 Å². The number of nitrogens with zero attached hydrogens (tertiary/aromatic N) is 1. The van der Waals surface area contributed by atoms with Gasteiger partial charge in [-0.1, -0.05) is 30.3 Å². The van der Waals surface area contributed by atoms with Crippen LogP contribution in [0.1, 0.15) is 42.9 Å². The van der Waals surface area contributed by atoms with Crippen molar-refractivity contribution in [3.05, 3.63) is 60.1 Å². The molecular weight excluding hydrogens is 302 g/mol.